The van der Waals surface area contributed by atoms with Gasteiger partial charge in [-0.1, -0.05) is 37.3 Å². The van der Waals surface area contributed by atoms with Crippen LogP contribution in [0.1, 0.15) is 26.2 Å². The van der Waals surface area contributed by atoms with Crippen LogP contribution in [0.3, 0.4) is 0 Å². The van der Waals surface area contributed by atoms with Crippen molar-refractivity contribution in [2.24, 2.45) is 0 Å². The van der Waals surface area contributed by atoms with E-state index in [0.29, 0.717) is 6.42 Å². The maximum Gasteiger partial charge on any atom is 0.0752 e. The summed E-state index contributed by atoms with van der Waals surface area (Å²) in [6.07, 6.45) is 12.2. The Bertz CT molecular complexity index is 156. The molecule has 0 aliphatic rings. The molecule has 12 heavy (non-hydrogen) atoms. The molecule has 0 aromatic heterocycles. The molecular weight excluding hydrogens is 148 g/mol. The summed E-state index contributed by atoms with van der Waals surface area (Å²) < 4.78 is 0. The van der Waals surface area contributed by atoms with Crippen molar-refractivity contribution in [3.05, 3.63) is 37.0 Å². The average Bonchev–Trinajstić information content (AvgIpc) is 2.10. The number of aliphatic hydroxyl groups excluding tert-OH is 1. The van der Waals surface area contributed by atoms with Gasteiger partial charge >= 0.3 is 0 Å². The second-order valence-electron chi connectivity index (χ2n) is 2.63. The van der Waals surface area contributed by atoms with Crippen LogP contribution in [-0.4, -0.2) is 11.2 Å². The lowest BCUT2D eigenvalue weighted by Crippen LogP contribution is -1.97. The molecule has 0 fully saturated rings. The molecule has 0 saturated carbocycles. The molecule has 0 heterocycles. The second kappa shape index (κ2) is 8.28. The van der Waals surface area contributed by atoms with E-state index in [0.717, 1.165) is 12.8 Å². The summed E-state index contributed by atoms with van der Waals surface area (Å²) >= 11 is 0. The van der Waals surface area contributed by atoms with Crippen LogP contribution in [0.2, 0.25) is 0 Å². The Morgan fingerprint density at radius 1 is 1.25 bits per heavy atom. The van der Waals surface area contributed by atoms with Gasteiger partial charge in [-0.2, -0.15) is 0 Å². The van der Waals surface area contributed by atoms with Gasteiger partial charge in [-0.05, 0) is 19.3 Å². The molecule has 1 atom stereocenters. The van der Waals surface area contributed by atoms with Crippen LogP contribution < -0.4 is 0 Å². The van der Waals surface area contributed by atoms with Crippen molar-refractivity contribution in [1.82, 2.24) is 0 Å². The largest absolute Gasteiger partial charge is 0.389 e. The first-order valence-corrected chi connectivity index (χ1v) is 4.41. The van der Waals surface area contributed by atoms with Crippen LogP contribution >= 0.6 is 0 Å². The molecule has 0 aliphatic carbocycles. The highest BCUT2D eigenvalue weighted by Crippen LogP contribution is 1.95. The Labute approximate surface area is 75.1 Å². The number of rotatable bonds is 6. The third-order valence-corrected chi connectivity index (χ3v) is 1.49. The third kappa shape index (κ3) is 7.29. The van der Waals surface area contributed by atoms with Gasteiger partial charge in [0, 0.05) is 0 Å². The van der Waals surface area contributed by atoms with E-state index in [9.17, 15) is 0 Å². The Morgan fingerprint density at radius 2 is 1.92 bits per heavy atom. The SMILES string of the molecule is C=CC(O)C/C=C/C/C=C\CC. The van der Waals surface area contributed by atoms with Crippen molar-refractivity contribution in [1.29, 1.82) is 0 Å². The number of allylic oxidation sites excluding steroid dienone is 3. The van der Waals surface area contributed by atoms with Gasteiger partial charge in [0.25, 0.3) is 0 Å². The molecule has 0 saturated heterocycles. The van der Waals surface area contributed by atoms with E-state index in [1.54, 1.807) is 6.08 Å². The average molecular weight is 166 g/mol. The van der Waals surface area contributed by atoms with Crippen LogP contribution in [0, 0.1) is 0 Å². The highest BCUT2D eigenvalue weighted by Gasteiger charge is 1.90. The summed E-state index contributed by atoms with van der Waals surface area (Å²) in [5, 5.41) is 9.07. The zero-order chi connectivity index (χ0) is 9.23. The van der Waals surface area contributed by atoms with Crippen LogP contribution in [0.5, 0.6) is 0 Å². The summed E-state index contributed by atoms with van der Waals surface area (Å²) in [6.45, 7) is 5.60. The minimum absolute atomic E-state index is 0.392. The first-order chi connectivity index (χ1) is 5.81. The third-order valence-electron chi connectivity index (χ3n) is 1.49. The highest BCUT2D eigenvalue weighted by atomic mass is 16.3. The van der Waals surface area contributed by atoms with E-state index >= 15 is 0 Å². The van der Waals surface area contributed by atoms with Crippen LogP contribution in [0.15, 0.2) is 37.0 Å². The van der Waals surface area contributed by atoms with E-state index in [-0.39, 0.29) is 0 Å². The molecule has 0 rings (SSSR count). The lowest BCUT2D eigenvalue weighted by molar-refractivity contribution is 0.227. The number of aliphatic hydroxyl groups is 1. The molecule has 1 unspecified atom stereocenters. The van der Waals surface area contributed by atoms with Gasteiger partial charge in [0.15, 0.2) is 0 Å². The van der Waals surface area contributed by atoms with E-state index in [2.05, 4.69) is 31.7 Å². The Hall–Kier alpha value is -0.820. The first kappa shape index (κ1) is 11.2. The van der Waals surface area contributed by atoms with Crippen molar-refractivity contribution < 1.29 is 5.11 Å². The smallest absolute Gasteiger partial charge is 0.0752 e. The van der Waals surface area contributed by atoms with Gasteiger partial charge in [-0.3, -0.25) is 0 Å². The standard InChI is InChI=1S/C11H18O/c1-3-5-6-7-8-9-10-11(12)4-2/h4-6,8-9,11-12H,2-3,7,10H2,1H3/b6-5-,9-8+. The normalized spacial score (nSPS) is 14.2. The monoisotopic (exact) mass is 166 g/mol. The minimum Gasteiger partial charge on any atom is -0.389 e. The van der Waals surface area contributed by atoms with Gasteiger partial charge in [0.2, 0.25) is 0 Å². The van der Waals surface area contributed by atoms with Crippen molar-refractivity contribution in [3.8, 4) is 0 Å². The molecular formula is C11H18O. The lowest BCUT2D eigenvalue weighted by atomic mass is 10.2. The maximum atomic E-state index is 9.07. The quantitative estimate of drug-likeness (QED) is 0.601. The van der Waals surface area contributed by atoms with Crippen LogP contribution in [0.25, 0.3) is 0 Å². The fraction of sp³-hybridized carbons (Fsp3) is 0.455. The molecule has 0 spiro atoms. The van der Waals surface area contributed by atoms with Crippen molar-refractivity contribution >= 4 is 0 Å². The molecule has 1 N–H and O–H groups in total. The van der Waals surface area contributed by atoms with Crippen molar-refractivity contribution in [2.75, 3.05) is 0 Å². The summed E-state index contributed by atoms with van der Waals surface area (Å²) in [4.78, 5) is 0. The molecule has 0 aliphatic heterocycles. The molecule has 68 valence electrons. The summed E-state index contributed by atoms with van der Waals surface area (Å²) in [7, 11) is 0. The zero-order valence-corrected chi connectivity index (χ0v) is 7.74. The molecule has 0 aromatic rings. The predicted molar refractivity (Wildman–Crippen MR) is 54.0 cm³/mol. The van der Waals surface area contributed by atoms with Gasteiger partial charge in [0.1, 0.15) is 0 Å². The lowest BCUT2D eigenvalue weighted by Gasteiger charge is -1.96. The van der Waals surface area contributed by atoms with E-state index in [1.165, 1.54) is 0 Å². The molecule has 0 bridgehead atoms. The molecule has 0 amide bonds. The van der Waals surface area contributed by atoms with Gasteiger partial charge in [-0.15, -0.1) is 6.58 Å². The number of hydrogen-bond donors (Lipinski definition) is 1. The van der Waals surface area contributed by atoms with Gasteiger partial charge < -0.3 is 5.11 Å². The zero-order valence-electron chi connectivity index (χ0n) is 7.74. The summed E-state index contributed by atoms with van der Waals surface area (Å²) in [5.41, 5.74) is 0. The fourth-order valence-corrected chi connectivity index (χ4v) is 0.770. The fourth-order valence-electron chi connectivity index (χ4n) is 0.770. The first-order valence-electron chi connectivity index (χ1n) is 4.41. The highest BCUT2D eigenvalue weighted by molar-refractivity contribution is 4.95. The Kier molecular flexibility index (Phi) is 7.71. The van der Waals surface area contributed by atoms with E-state index < -0.39 is 6.10 Å². The molecule has 1 nitrogen and oxygen atoms in total. The molecule has 0 aromatic carbocycles. The number of hydrogen-bond acceptors (Lipinski definition) is 1. The maximum absolute atomic E-state index is 9.07. The van der Waals surface area contributed by atoms with E-state index in [1.807, 2.05) is 6.08 Å². The molecule has 0 radical (unpaired) electrons. The predicted octanol–water partition coefficient (Wildman–Crippen LogP) is 2.84. The van der Waals surface area contributed by atoms with Crippen molar-refractivity contribution in [3.63, 3.8) is 0 Å². The van der Waals surface area contributed by atoms with Crippen molar-refractivity contribution in [2.45, 2.75) is 32.3 Å². The summed E-state index contributed by atoms with van der Waals surface area (Å²) in [5.74, 6) is 0. The minimum atomic E-state index is -0.392. The van der Waals surface area contributed by atoms with Gasteiger partial charge in [0.05, 0.1) is 6.10 Å². The second-order valence-corrected chi connectivity index (χ2v) is 2.63. The van der Waals surface area contributed by atoms with Crippen LogP contribution in [-0.2, 0) is 0 Å². The Morgan fingerprint density at radius 3 is 2.50 bits per heavy atom. The Balaban J connectivity index is 3.37. The molecule has 1 heteroatoms. The summed E-state index contributed by atoms with van der Waals surface area (Å²) in [6, 6.07) is 0. The topological polar surface area (TPSA) is 20.2 Å². The van der Waals surface area contributed by atoms with E-state index in [4.69, 9.17) is 5.11 Å². The van der Waals surface area contributed by atoms with Crippen LogP contribution in [0.4, 0.5) is 0 Å². The van der Waals surface area contributed by atoms with Gasteiger partial charge in [-0.25, -0.2) is 0 Å².